The van der Waals surface area contributed by atoms with E-state index in [1.165, 1.54) is 0 Å². The van der Waals surface area contributed by atoms with Gasteiger partial charge in [-0.25, -0.2) is 13.1 Å². The van der Waals surface area contributed by atoms with E-state index in [1.54, 1.807) is 0 Å². The fraction of sp³-hybridized carbons (Fsp3) is 0.900. The van der Waals surface area contributed by atoms with Crippen molar-refractivity contribution in [3.8, 4) is 0 Å². The molecule has 0 aromatic carbocycles. The summed E-state index contributed by atoms with van der Waals surface area (Å²) < 4.78 is 24.0. The molecule has 0 aliphatic carbocycles. The van der Waals surface area contributed by atoms with Gasteiger partial charge in [-0.3, -0.25) is 0 Å². The second-order valence-corrected chi connectivity index (χ2v) is 6.72. The predicted molar refractivity (Wildman–Crippen MR) is 72.1 cm³/mol. The molecule has 0 heterocycles. The molecule has 0 spiro atoms. The van der Waals surface area contributed by atoms with Gasteiger partial charge in [0.25, 0.3) is 0 Å². The quantitative estimate of drug-likeness (QED) is 0.152. The van der Waals surface area contributed by atoms with E-state index in [1.807, 2.05) is 13.8 Å². The average Bonchev–Trinajstić information content (AvgIpc) is 2.25. The van der Waals surface area contributed by atoms with Gasteiger partial charge in [-0.15, -0.1) is 0 Å². The molecule has 0 aliphatic heterocycles. The molecule has 0 fully saturated rings. The van der Waals surface area contributed by atoms with Crippen molar-refractivity contribution in [1.29, 1.82) is 0 Å². The first-order valence-corrected chi connectivity index (χ1v) is 7.71. The minimum absolute atomic E-state index is 0.211. The SMILES string of the molecule is CC(C)(CCNCCCNS(C)(=O)=O)C(N)=NO. The Hall–Kier alpha value is -0.860. The molecule has 0 saturated heterocycles. The minimum atomic E-state index is -3.09. The lowest BCUT2D eigenvalue weighted by Crippen LogP contribution is -2.35. The summed E-state index contributed by atoms with van der Waals surface area (Å²) in [7, 11) is -3.09. The van der Waals surface area contributed by atoms with Crippen LogP contribution in [-0.4, -0.2) is 45.4 Å². The summed E-state index contributed by atoms with van der Waals surface area (Å²) in [6.45, 7) is 5.66. The van der Waals surface area contributed by atoms with E-state index in [0.717, 1.165) is 32.2 Å². The van der Waals surface area contributed by atoms with Gasteiger partial charge in [0.1, 0.15) is 5.84 Å². The number of nitrogens with two attached hydrogens (primary N) is 1. The van der Waals surface area contributed by atoms with Crippen molar-refractivity contribution in [3.05, 3.63) is 0 Å². The van der Waals surface area contributed by atoms with E-state index in [-0.39, 0.29) is 11.3 Å². The van der Waals surface area contributed by atoms with Gasteiger partial charge >= 0.3 is 0 Å². The Bertz CT molecular complexity index is 365. The molecule has 0 unspecified atom stereocenters. The van der Waals surface area contributed by atoms with Crippen LogP contribution in [0.4, 0.5) is 0 Å². The zero-order valence-electron chi connectivity index (χ0n) is 11.2. The first-order chi connectivity index (χ1) is 8.19. The zero-order valence-corrected chi connectivity index (χ0v) is 12.0. The van der Waals surface area contributed by atoms with Crippen molar-refractivity contribution in [1.82, 2.24) is 10.0 Å². The molecular weight excluding hydrogens is 256 g/mol. The van der Waals surface area contributed by atoms with E-state index >= 15 is 0 Å². The predicted octanol–water partition coefficient (Wildman–Crippen LogP) is -0.322. The van der Waals surface area contributed by atoms with Crippen molar-refractivity contribution in [3.63, 3.8) is 0 Å². The van der Waals surface area contributed by atoms with Gasteiger partial charge in [0.2, 0.25) is 10.0 Å². The van der Waals surface area contributed by atoms with Crippen LogP contribution < -0.4 is 15.8 Å². The molecule has 0 atom stereocenters. The third-order valence-electron chi connectivity index (χ3n) is 2.62. The third-order valence-corrected chi connectivity index (χ3v) is 3.35. The maximum Gasteiger partial charge on any atom is 0.208 e. The first kappa shape index (κ1) is 17.1. The molecule has 108 valence electrons. The van der Waals surface area contributed by atoms with Crippen LogP contribution in [0.15, 0.2) is 5.16 Å². The minimum Gasteiger partial charge on any atom is -0.409 e. The topological polar surface area (TPSA) is 117 Å². The van der Waals surface area contributed by atoms with Crippen LogP contribution in [0.25, 0.3) is 0 Å². The number of sulfonamides is 1. The summed E-state index contributed by atoms with van der Waals surface area (Å²) in [5, 5.41) is 14.8. The van der Waals surface area contributed by atoms with Gasteiger partial charge in [0.05, 0.1) is 6.26 Å². The highest BCUT2D eigenvalue weighted by molar-refractivity contribution is 7.88. The fourth-order valence-electron chi connectivity index (χ4n) is 1.26. The van der Waals surface area contributed by atoms with E-state index in [0.29, 0.717) is 6.54 Å². The summed E-state index contributed by atoms with van der Waals surface area (Å²) in [5.74, 6) is 0.211. The monoisotopic (exact) mass is 280 g/mol. The van der Waals surface area contributed by atoms with Gasteiger partial charge in [-0.1, -0.05) is 19.0 Å². The summed E-state index contributed by atoms with van der Waals surface area (Å²) in [6, 6.07) is 0. The summed E-state index contributed by atoms with van der Waals surface area (Å²) >= 11 is 0. The Morgan fingerprint density at radius 2 is 1.94 bits per heavy atom. The Labute approximate surface area is 109 Å². The van der Waals surface area contributed by atoms with Gasteiger partial charge < -0.3 is 16.3 Å². The highest BCUT2D eigenvalue weighted by atomic mass is 32.2. The molecule has 0 rings (SSSR count). The molecule has 5 N–H and O–H groups in total. The summed E-state index contributed by atoms with van der Waals surface area (Å²) in [5.41, 5.74) is 5.20. The van der Waals surface area contributed by atoms with Crippen molar-refractivity contribution in [2.24, 2.45) is 16.3 Å². The van der Waals surface area contributed by atoms with E-state index < -0.39 is 10.0 Å². The average molecular weight is 280 g/mol. The third kappa shape index (κ3) is 8.26. The second-order valence-electron chi connectivity index (χ2n) is 4.89. The molecule has 0 aliphatic rings. The van der Waals surface area contributed by atoms with Crippen LogP contribution in [0.2, 0.25) is 0 Å². The number of rotatable bonds is 9. The van der Waals surface area contributed by atoms with Crippen molar-refractivity contribution < 1.29 is 13.6 Å². The Morgan fingerprint density at radius 3 is 2.44 bits per heavy atom. The van der Waals surface area contributed by atoms with E-state index in [9.17, 15) is 8.42 Å². The number of amidine groups is 1. The zero-order chi connectivity index (χ0) is 14.2. The van der Waals surface area contributed by atoms with E-state index in [2.05, 4.69) is 15.2 Å². The maximum atomic E-state index is 10.8. The summed E-state index contributed by atoms with van der Waals surface area (Å²) in [6.07, 6.45) is 2.60. The number of hydrogen-bond donors (Lipinski definition) is 4. The largest absolute Gasteiger partial charge is 0.409 e. The first-order valence-electron chi connectivity index (χ1n) is 5.82. The lowest BCUT2D eigenvalue weighted by Gasteiger charge is -2.22. The van der Waals surface area contributed by atoms with Crippen LogP contribution in [0.1, 0.15) is 26.7 Å². The molecule has 0 saturated carbocycles. The molecule has 8 heteroatoms. The number of hydrogen-bond acceptors (Lipinski definition) is 5. The molecule has 7 nitrogen and oxygen atoms in total. The Morgan fingerprint density at radius 1 is 1.33 bits per heavy atom. The van der Waals surface area contributed by atoms with Crippen molar-refractivity contribution >= 4 is 15.9 Å². The molecule has 0 aromatic heterocycles. The normalized spacial score (nSPS) is 13.8. The molecular formula is C10H24N4O3S. The summed E-state index contributed by atoms with van der Waals surface area (Å²) in [4.78, 5) is 0. The Balaban J connectivity index is 3.64. The molecule has 0 aromatic rings. The lowest BCUT2D eigenvalue weighted by atomic mass is 9.88. The second kappa shape index (κ2) is 7.55. The smallest absolute Gasteiger partial charge is 0.208 e. The molecule has 0 amide bonds. The fourth-order valence-corrected chi connectivity index (χ4v) is 1.78. The van der Waals surface area contributed by atoms with Gasteiger partial charge in [0, 0.05) is 12.0 Å². The van der Waals surface area contributed by atoms with Crippen LogP contribution >= 0.6 is 0 Å². The highest BCUT2D eigenvalue weighted by Crippen LogP contribution is 2.19. The van der Waals surface area contributed by atoms with Crippen molar-refractivity contribution in [2.75, 3.05) is 25.9 Å². The maximum absolute atomic E-state index is 10.8. The Kier molecular flexibility index (Phi) is 7.19. The van der Waals surface area contributed by atoms with Crippen LogP contribution in [-0.2, 0) is 10.0 Å². The standard InChI is InChI=1S/C10H24N4O3S/c1-10(2,9(11)14-15)5-8-12-6-4-7-13-18(3,16)17/h12-13,15H,4-8H2,1-3H3,(H2,11,14). The number of nitrogens with one attached hydrogen (secondary N) is 2. The molecule has 0 bridgehead atoms. The van der Waals surface area contributed by atoms with Gasteiger partial charge in [0.15, 0.2) is 0 Å². The van der Waals surface area contributed by atoms with Gasteiger partial charge in [-0.2, -0.15) is 0 Å². The van der Waals surface area contributed by atoms with Crippen LogP contribution in [0.3, 0.4) is 0 Å². The lowest BCUT2D eigenvalue weighted by molar-refractivity contribution is 0.305. The van der Waals surface area contributed by atoms with E-state index in [4.69, 9.17) is 10.9 Å². The number of nitrogens with zero attached hydrogens (tertiary/aromatic N) is 1. The molecule has 18 heavy (non-hydrogen) atoms. The highest BCUT2D eigenvalue weighted by Gasteiger charge is 2.22. The van der Waals surface area contributed by atoms with Crippen molar-refractivity contribution in [2.45, 2.75) is 26.7 Å². The van der Waals surface area contributed by atoms with Crippen LogP contribution in [0, 0.1) is 5.41 Å². The molecule has 0 radical (unpaired) electrons. The number of oxime groups is 1. The van der Waals surface area contributed by atoms with Gasteiger partial charge in [-0.05, 0) is 25.9 Å². The van der Waals surface area contributed by atoms with Crippen LogP contribution in [0.5, 0.6) is 0 Å².